The molecule has 17 heteroatoms. The smallest absolute Gasteiger partial charge is 0.187 e. The Morgan fingerprint density at radius 3 is 2.03 bits per heavy atom. The lowest BCUT2D eigenvalue weighted by Crippen LogP contribution is -2.67. The fourth-order valence-corrected chi connectivity index (χ4v) is 14.0. The highest BCUT2D eigenvalue weighted by Gasteiger charge is 2.69. The van der Waals surface area contributed by atoms with Crippen LogP contribution in [0.1, 0.15) is 92.4 Å². The van der Waals surface area contributed by atoms with E-state index in [4.69, 9.17) is 37.9 Å². The molecule has 1 spiro atoms. The Bertz CT molecular complexity index is 1610. The average Bonchev–Trinajstić information content (AvgIpc) is 3.70. The molecule has 0 amide bonds. The van der Waals surface area contributed by atoms with Crippen molar-refractivity contribution in [3.63, 3.8) is 0 Å². The first kappa shape index (κ1) is 46.2. The van der Waals surface area contributed by atoms with Gasteiger partial charge in [0, 0.05) is 12.3 Å². The third kappa shape index (κ3) is 7.49. The molecular weight excluding hydrogens is 812 g/mol. The Labute approximate surface area is 363 Å². The van der Waals surface area contributed by atoms with Gasteiger partial charge in [-0.05, 0) is 98.7 Å². The monoisotopic (exact) mass is 884 g/mol. The van der Waals surface area contributed by atoms with Gasteiger partial charge in [0.2, 0.25) is 0 Å². The van der Waals surface area contributed by atoms with E-state index in [0.717, 1.165) is 51.6 Å². The number of aliphatic hydroxyl groups is 9. The molecular formula is C45H72O17. The summed E-state index contributed by atoms with van der Waals surface area (Å²) in [5.74, 6) is 2.51. The van der Waals surface area contributed by atoms with Gasteiger partial charge in [0.05, 0.1) is 38.1 Å². The van der Waals surface area contributed by atoms with Crippen LogP contribution in [0.4, 0.5) is 0 Å². The molecule has 62 heavy (non-hydrogen) atoms. The summed E-state index contributed by atoms with van der Waals surface area (Å²) in [6.07, 6.45) is -12.4. The van der Waals surface area contributed by atoms with E-state index in [1.807, 2.05) is 0 Å². The van der Waals surface area contributed by atoms with Gasteiger partial charge < -0.3 is 83.9 Å². The van der Waals surface area contributed by atoms with E-state index in [1.165, 1.54) is 12.5 Å². The fourth-order valence-electron chi connectivity index (χ4n) is 14.0. The van der Waals surface area contributed by atoms with Gasteiger partial charge in [0.25, 0.3) is 0 Å². The van der Waals surface area contributed by atoms with Crippen LogP contribution in [0.5, 0.6) is 0 Å². The Balaban J connectivity index is 0.941. The minimum atomic E-state index is -1.83. The largest absolute Gasteiger partial charge is 0.394 e. The molecule has 354 valence electrons. The van der Waals surface area contributed by atoms with Gasteiger partial charge in [-0.2, -0.15) is 0 Å². The summed E-state index contributed by atoms with van der Waals surface area (Å²) >= 11 is 0. The molecule has 17 nitrogen and oxygen atoms in total. The van der Waals surface area contributed by atoms with Gasteiger partial charge in [-0.15, -0.1) is 0 Å². The van der Waals surface area contributed by atoms with Crippen LogP contribution in [0.15, 0.2) is 11.6 Å². The summed E-state index contributed by atoms with van der Waals surface area (Å²) in [4.78, 5) is 0. The van der Waals surface area contributed by atoms with Gasteiger partial charge in [-0.3, -0.25) is 0 Å². The maximum absolute atomic E-state index is 11.6. The van der Waals surface area contributed by atoms with Crippen molar-refractivity contribution in [1.29, 1.82) is 0 Å². The van der Waals surface area contributed by atoms with Crippen molar-refractivity contribution >= 4 is 0 Å². The molecule has 5 aliphatic heterocycles. The number of allylic oxidation sites excluding steroid dienone is 1. The summed E-state index contributed by atoms with van der Waals surface area (Å²) < 4.78 is 50.3. The van der Waals surface area contributed by atoms with E-state index in [-0.39, 0.29) is 16.9 Å². The average molecular weight is 885 g/mol. The minimum Gasteiger partial charge on any atom is -0.394 e. The second kappa shape index (κ2) is 17.3. The van der Waals surface area contributed by atoms with E-state index in [9.17, 15) is 46.0 Å². The lowest BCUT2D eigenvalue weighted by Gasteiger charge is -2.59. The summed E-state index contributed by atoms with van der Waals surface area (Å²) in [7, 11) is 0. The maximum atomic E-state index is 11.6. The highest BCUT2D eigenvalue weighted by atomic mass is 16.8. The van der Waals surface area contributed by atoms with Gasteiger partial charge in [0.15, 0.2) is 24.7 Å². The molecule has 5 heterocycles. The Kier molecular flexibility index (Phi) is 12.9. The van der Waals surface area contributed by atoms with E-state index in [0.29, 0.717) is 48.3 Å². The first-order valence-corrected chi connectivity index (χ1v) is 23.4. The molecule has 9 rings (SSSR count). The van der Waals surface area contributed by atoms with Gasteiger partial charge in [-0.25, -0.2) is 0 Å². The summed E-state index contributed by atoms with van der Waals surface area (Å²) in [6, 6.07) is 0. The van der Waals surface area contributed by atoms with Crippen molar-refractivity contribution in [1.82, 2.24) is 0 Å². The molecule has 5 saturated heterocycles. The lowest BCUT2D eigenvalue weighted by molar-refractivity contribution is -0.394. The molecule has 9 N–H and O–H groups in total. The van der Waals surface area contributed by atoms with Gasteiger partial charge in [-0.1, -0.05) is 39.3 Å². The number of hydrogen-bond donors (Lipinski definition) is 9. The van der Waals surface area contributed by atoms with E-state index < -0.39 is 117 Å². The van der Waals surface area contributed by atoms with Gasteiger partial charge >= 0.3 is 0 Å². The standard InChI is InChI=1S/C45H72O17/c1-19-8-13-45(55-18-19)20(2)30-27(62-45)15-26-24-7-6-22-14-23(9-11-43(22,4)25(24)10-12-44(26,30)5)57-42-39(61-41-37(54)35(52)32(49)28(16-46)58-41)38(33(50)29(17-47)59-42)60-40-36(53)34(51)31(48)21(3)56-40/h6,19-21,23-42,46-54H,7-18H2,1-5H3/t19?,20-,21-,23?,24?,25?,26?,27?,28+,29+,30?,31-,32+,33+,34+,35-,36+,37+,38-,39+,40-,41-,42+,43-,44-,45+/m0/s1. The molecule has 0 aromatic heterocycles. The first-order chi connectivity index (χ1) is 29.4. The maximum Gasteiger partial charge on any atom is 0.187 e. The summed E-state index contributed by atoms with van der Waals surface area (Å²) in [5, 5.41) is 95.8. The number of rotatable bonds is 8. The van der Waals surface area contributed by atoms with Crippen LogP contribution in [0.2, 0.25) is 0 Å². The number of aliphatic hydroxyl groups excluding tert-OH is 9. The molecule has 9 aliphatic rings. The molecule has 7 unspecified atom stereocenters. The molecule has 0 aromatic rings. The SMILES string of the molecule is CC1CC[C@@]2(OC1)OC1CC3C4CC=C5CC(O[C@@H]6O[C@H](CO)[C@@H](O)[C@H](O[C@@H]7O[C@@H](C)[C@H](O)[C@@H](O)[C@H]7O)[C@H]6O[C@@H]6O[C@H](CO)[C@@H](O)[C@H](O)[C@H]6O)CC[C@]5(C)C4CC[C@]3(C)C1[C@@H]2C. The van der Waals surface area contributed by atoms with Crippen LogP contribution >= 0.6 is 0 Å². The zero-order valence-corrected chi connectivity index (χ0v) is 36.6. The number of hydrogen-bond acceptors (Lipinski definition) is 17. The van der Waals surface area contributed by atoms with Crippen LogP contribution in [-0.2, 0) is 37.9 Å². The molecule has 8 fully saturated rings. The molecule has 3 saturated carbocycles. The van der Waals surface area contributed by atoms with Crippen molar-refractivity contribution in [2.45, 2.75) is 203 Å². The second-order valence-electron chi connectivity index (χ2n) is 21.1. The van der Waals surface area contributed by atoms with E-state index in [2.05, 4.69) is 33.8 Å². The number of fused-ring (bicyclic) bond motifs is 7. The van der Waals surface area contributed by atoms with Crippen molar-refractivity contribution in [2.75, 3.05) is 19.8 Å². The highest BCUT2D eigenvalue weighted by Crippen LogP contribution is 2.70. The third-order valence-electron chi connectivity index (χ3n) is 17.7. The zero-order chi connectivity index (χ0) is 44.2. The zero-order valence-electron chi connectivity index (χ0n) is 36.6. The first-order valence-electron chi connectivity index (χ1n) is 23.4. The number of ether oxygens (including phenoxy) is 8. The Morgan fingerprint density at radius 1 is 0.677 bits per heavy atom. The van der Waals surface area contributed by atoms with E-state index in [1.54, 1.807) is 0 Å². The van der Waals surface area contributed by atoms with Crippen molar-refractivity contribution in [3.8, 4) is 0 Å². The van der Waals surface area contributed by atoms with Crippen LogP contribution in [0.25, 0.3) is 0 Å². The highest BCUT2D eigenvalue weighted by molar-refractivity contribution is 5.26. The van der Waals surface area contributed by atoms with Crippen LogP contribution in [-0.4, -0.2) is 176 Å². The predicted octanol–water partition coefficient (Wildman–Crippen LogP) is 0.214. The third-order valence-corrected chi connectivity index (χ3v) is 17.7. The second-order valence-corrected chi connectivity index (χ2v) is 21.1. The summed E-state index contributed by atoms with van der Waals surface area (Å²) in [5.41, 5.74) is 1.45. The van der Waals surface area contributed by atoms with Crippen LogP contribution < -0.4 is 0 Å². The molecule has 0 radical (unpaired) electrons. The van der Waals surface area contributed by atoms with Gasteiger partial charge in [0.1, 0.15) is 67.1 Å². The van der Waals surface area contributed by atoms with Crippen molar-refractivity contribution < 1.29 is 83.9 Å². The fraction of sp³-hybridized carbons (Fsp3) is 0.956. The van der Waals surface area contributed by atoms with Crippen LogP contribution in [0.3, 0.4) is 0 Å². The van der Waals surface area contributed by atoms with E-state index >= 15 is 0 Å². The van der Waals surface area contributed by atoms with Crippen LogP contribution in [0, 0.1) is 46.3 Å². The topological polar surface area (TPSA) is 256 Å². The molecule has 4 aliphatic carbocycles. The molecule has 0 bridgehead atoms. The minimum absolute atomic E-state index is 0.0518. The molecule has 26 atom stereocenters. The van der Waals surface area contributed by atoms with Crippen molar-refractivity contribution in [2.24, 2.45) is 46.3 Å². The molecule has 0 aromatic carbocycles. The summed E-state index contributed by atoms with van der Waals surface area (Å²) in [6.45, 7) is 10.4. The van der Waals surface area contributed by atoms with Crippen molar-refractivity contribution in [3.05, 3.63) is 11.6 Å². The normalized spacial score (nSPS) is 57.6. The Morgan fingerprint density at radius 2 is 1.34 bits per heavy atom. The predicted molar refractivity (Wildman–Crippen MR) is 214 cm³/mol. The quantitative estimate of drug-likeness (QED) is 0.148. The Hall–Kier alpha value is -0.940. The lowest BCUT2D eigenvalue weighted by atomic mass is 9.47.